The first-order valence-corrected chi connectivity index (χ1v) is 5.10. The van der Waals surface area contributed by atoms with Crippen molar-refractivity contribution in [3.05, 3.63) is 17.7 Å². The normalized spacial score (nSPS) is 22.4. The first-order valence-electron chi connectivity index (χ1n) is 4.72. The highest BCUT2D eigenvalue weighted by Crippen LogP contribution is 2.15. The molecular formula is C9H14ClN3. The van der Waals surface area contributed by atoms with Gasteiger partial charge in [0.2, 0.25) is 0 Å². The van der Waals surface area contributed by atoms with Crippen LogP contribution in [0.4, 0.5) is 0 Å². The lowest BCUT2D eigenvalue weighted by Gasteiger charge is -2.08. The average molecular weight is 200 g/mol. The molecule has 0 aromatic carbocycles. The fourth-order valence-electron chi connectivity index (χ4n) is 1.75. The number of imidazole rings is 1. The van der Waals surface area contributed by atoms with Crippen LogP contribution in [0.2, 0.25) is 5.15 Å². The van der Waals surface area contributed by atoms with E-state index in [1.165, 1.54) is 19.4 Å². The van der Waals surface area contributed by atoms with Gasteiger partial charge in [0.05, 0.1) is 12.5 Å². The molecule has 0 radical (unpaired) electrons. The average Bonchev–Trinajstić information content (AvgIpc) is 2.72. The highest BCUT2D eigenvalue weighted by molar-refractivity contribution is 6.29. The molecule has 0 bridgehead atoms. The van der Waals surface area contributed by atoms with Crippen molar-refractivity contribution in [1.82, 2.24) is 14.9 Å². The van der Waals surface area contributed by atoms with E-state index in [4.69, 9.17) is 11.6 Å². The van der Waals surface area contributed by atoms with Gasteiger partial charge in [0.15, 0.2) is 0 Å². The van der Waals surface area contributed by atoms with Gasteiger partial charge in [0.1, 0.15) is 5.15 Å². The second kappa shape index (κ2) is 4.11. The summed E-state index contributed by atoms with van der Waals surface area (Å²) in [5.74, 6) is 0.818. The van der Waals surface area contributed by atoms with E-state index in [9.17, 15) is 0 Å². The fraction of sp³-hybridized carbons (Fsp3) is 0.667. The van der Waals surface area contributed by atoms with Crippen LogP contribution in [0.15, 0.2) is 12.5 Å². The predicted octanol–water partition coefficient (Wildman–Crippen LogP) is 1.54. The third-order valence-corrected chi connectivity index (χ3v) is 2.92. The summed E-state index contributed by atoms with van der Waals surface area (Å²) in [4.78, 5) is 3.98. The molecule has 2 rings (SSSR count). The number of nitrogens with one attached hydrogen (secondary N) is 1. The molecule has 2 heterocycles. The highest BCUT2D eigenvalue weighted by Gasteiger charge is 2.14. The van der Waals surface area contributed by atoms with Crippen LogP contribution in [0, 0.1) is 5.92 Å². The highest BCUT2D eigenvalue weighted by atomic mass is 35.5. The Morgan fingerprint density at radius 1 is 1.69 bits per heavy atom. The van der Waals surface area contributed by atoms with Gasteiger partial charge in [0, 0.05) is 6.54 Å². The largest absolute Gasteiger partial charge is 0.322 e. The summed E-state index contributed by atoms with van der Waals surface area (Å²) in [6, 6.07) is 0. The van der Waals surface area contributed by atoms with Crippen molar-refractivity contribution in [1.29, 1.82) is 0 Å². The van der Waals surface area contributed by atoms with E-state index in [0.717, 1.165) is 24.2 Å². The number of rotatable bonds is 3. The molecule has 1 aliphatic heterocycles. The maximum absolute atomic E-state index is 5.91. The number of aromatic nitrogens is 2. The fourth-order valence-corrected chi connectivity index (χ4v) is 1.94. The monoisotopic (exact) mass is 199 g/mol. The van der Waals surface area contributed by atoms with Crippen LogP contribution >= 0.6 is 11.6 Å². The van der Waals surface area contributed by atoms with E-state index in [-0.39, 0.29) is 0 Å². The van der Waals surface area contributed by atoms with Crippen molar-refractivity contribution < 1.29 is 0 Å². The van der Waals surface area contributed by atoms with Crippen molar-refractivity contribution >= 4 is 11.6 Å². The molecule has 1 aromatic rings. The zero-order valence-corrected chi connectivity index (χ0v) is 8.30. The summed E-state index contributed by atoms with van der Waals surface area (Å²) in [5, 5.41) is 4.10. The molecule has 0 spiro atoms. The molecule has 0 saturated carbocycles. The summed E-state index contributed by atoms with van der Waals surface area (Å²) >= 11 is 5.91. The molecule has 1 aliphatic rings. The molecule has 4 heteroatoms. The van der Waals surface area contributed by atoms with Gasteiger partial charge < -0.3 is 9.88 Å². The predicted molar refractivity (Wildman–Crippen MR) is 52.8 cm³/mol. The molecule has 72 valence electrons. The maximum atomic E-state index is 5.91. The molecule has 0 amide bonds. The van der Waals surface area contributed by atoms with E-state index in [2.05, 4.69) is 10.3 Å². The van der Waals surface area contributed by atoms with Crippen molar-refractivity contribution in [2.75, 3.05) is 13.1 Å². The number of nitrogens with zero attached hydrogens (tertiary/aromatic N) is 2. The standard InChI is InChI=1S/C9H14ClN3/c10-9-6-12-7-13(9)4-2-8-1-3-11-5-8/h6-8,11H,1-5H2. The van der Waals surface area contributed by atoms with Gasteiger partial charge in [-0.25, -0.2) is 4.98 Å². The van der Waals surface area contributed by atoms with Crippen LogP contribution < -0.4 is 5.32 Å². The number of aryl methyl sites for hydroxylation is 1. The van der Waals surface area contributed by atoms with Gasteiger partial charge in [0.25, 0.3) is 0 Å². The molecule has 1 N–H and O–H groups in total. The van der Waals surface area contributed by atoms with Gasteiger partial charge >= 0.3 is 0 Å². The van der Waals surface area contributed by atoms with E-state index in [1.807, 2.05) is 4.57 Å². The molecule has 1 aromatic heterocycles. The SMILES string of the molecule is Clc1cncn1CCC1CCNC1. The smallest absolute Gasteiger partial charge is 0.128 e. The number of hydrogen-bond acceptors (Lipinski definition) is 2. The lowest BCUT2D eigenvalue weighted by Crippen LogP contribution is -2.10. The van der Waals surface area contributed by atoms with E-state index < -0.39 is 0 Å². The Morgan fingerprint density at radius 2 is 2.62 bits per heavy atom. The minimum absolute atomic E-state index is 0.742. The van der Waals surface area contributed by atoms with Crippen LogP contribution in [-0.2, 0) is 6.54 Å². The summed E-state index contributed by atoms with van der Waals surface area (Å²) < 4.78 is 2.00. The molecule has 1 unspecified atom stereocenters. The van der Waals surface area contributed by atoms with Gasteiger partial charge in [-0.05, 0) is 31.8 Å². The Labute approximate surface area is 83.1 Å². The van der Waals surface area contributed by atoms with Crippen LogP contribution in [0.1, 0.15) is 12.8 Å². The lowest BCUT2D eigenvalue weighted by molar-refractivity contribution is 0.480. The van der Waals surface area contributed by atoms with Crippen LogP contribution in [0.5, 0.6) is 0 Å². The van der Waals surface area contributed by atoms with E-state index in [1.54, 1.807) is 12.5 Å². The molecular weight excluding hydrogens is 186 g/mol. The zero-order valence-electron chi connectivity index (χ0n) is 7.54. The molecule has 3 nitrogen and oxygen atoms in total. The van der Waals surface area contributed by atoms with Crippen molar-refractivity contribution in [2.45, 2.75) is 19.4 Å². The summed E-state index contributed by atoms with van der Waals surface area (Å²) in [6.45, 7) is 3.32. The first-order chi connectivity index (χ1) is 6.36. The number of hydrogen-bond donors (Lipinski definition) is 1. The molecule has 1 atom stereocenters. The minimum Gasteiger partial charge on any atom is -0.322 e. The van der Waals surface area contributed by atoms with Crippen molar-refractivity contribution in [2.24, 2.45) is 5.92 Å². The van der Waals surface area contributed by atoms with Crippen molar-refractivity contribution in [3.63, 3.8) is 0 Å². The molecule has 1 fully saturated rings. The second-order valence-electron chi connectivity index (χ2n) is 3.56. The Morgan fingerprint density at radius 3 is 3.23 bits per heavy atom. The van der Waals surface area contributed by atoms with Crippen LogP contribution in [-0.4, -0.2) is 22.6 Å². The van der Waals surface area contributed by atoms with Gasteiger partial charge in [-0.3, -0.25) is 0 Å². The zero-order chi connectivity index (χ0) is 9.10. The third-order valence-electron chi connectivity index (χ3n) is 2.60. The van der Waals surface area contributed by atoms with Gasteiger partial charge in [-0.1, -0.05) is 11.6 Å². The summed E-state index contributed by atoms with van der Waals surface area (Å²) in [7, 11) is 0. The Balaban J connectivity index is 1.82. The molecule has 1 saturated heterocycles. The molecule has 0 aliphatic carbocycles. The quantitative estimate of drug-likeness (QED) is 0.801. The maximum Gasteiger partial charge on any atom is 0.128 e. The third kappa shape index (κ3) is 2.23. The number of halogens is 1. The minimum atomic E-state index is 0.742. The summed E-state index contributed by atoms with van der Waals surface area (Å²) in [6.07, 6.45) is 5.98. The van der Waals surface area contributed by atoms with Crippen LogP contribution in [0.25, 0.3) is 0 Å². The lowest BCUT2D eigenvalue weighted by atomic mass is 10.1. The second-order valence-corrected chi connectivity index (χ2v) is 3.94. The van der Waals surface area contributed by atoms with E-state index in [0.29, 0.717) is 0 Å². The summed E-state index contributed by atoms with van der Waals surface area (Å²) in [5.41, 5.74) is 0. The first kappa shape index (κ1) is 9.03. The molecule has 13 heavy (non-hydrogen) atoms. The Hall–Kier alpha value is -0.540. The topological polar surface area (TPSA) is 29.9 Å². The van der Waals surface area contributed by atoms with Gasteiger partial charge in [-0.2, -0.15) is 0 Å². The van der Waals surface area contributed by atoms with Crippen LogP contribution in [0.3, 0.4) is 0 Å². The Kier molecular flexibility index (Phi) is 2.86. The van der Waals surface area contributed by atoms with E-state index >= 15 is 0 Å². The van der Waals surface area contributed by atoms with Crippen molar-refractivity contribution in [3.8, 4) is 0 Å². The van der Waals surface area contributed by atoms with Gasteiger partial charge in [-0.15, -0.1) is 0 Å². The Bertz CT molecular complexity index is 266.